The lowest BCUT2D eigenvalue weighted by molar-refractivity contribution is 0.366. The van der Waals surface area contributed by atoms with Crippen molar-refractivity contribution in [3.63, 3.8) is 0 Å². The molecule has 1 atom stereocenters. The Labute approximate surface area is 229 Å². The molecule has 0 amide bonds. The Kier molecular flexibility index (Phi) is 5.97. The first kappa shape index (κ1) is 24.9. The number of halogens is 2. The number of anilines is 2. The third kappa shape index (κ3) is 4.24. The standard InChI is InChI=1S/C25H28Cl2N10O/c1-25(2,3)17-10-18(33-37(17)14-6-8-34(4)13-14)31-24-32-23-21(35(24)5)19(26)15(11-29-23)38-16-12-30-36-9-7-28-22(27)20(16)36/h7,9-12,14H,6,8,13H2,1-5H3,(H,29,31,32,33)/t14-/m0/s1. The highest BCUT2D eigenvalue weighted by atomic mass is 35.5. The highest BCUT2D eigenvalue weighted by molar-refractivity contribution is 6.36. The van der Waals surface area contributed by atoms with E-state index in [9.17, 15) is 0 Å². The zero-order valence-corrected chi connectivity index (χ0v) is 23.3. The van der Waals surface area contributed by atoms with Crippen LogP contribution in [-0.2, 0) is 12.5 Å². The van der Waals surface area contributed by atoms with Crippen molar-refractivity contribution in [2.45, 2.75) is 38.6 Å². The van der Waals surface area contributed by atoms with E-state index in [-0.39, 0.29) is 10.6 Å². The molecule has 6 heterocycles. The van der Waals surface area contributed by atoms with Gasteiger partial charge in [-0.15, -0.1) is 0 Å². The lowest BCUT2D eigenvalue weighted by atomic mass is 9.91. The Bertz CT molecular complexity index is 1660. The van der Waals surface area contributed by atoms with Crippen molar-refractivity contribution in [1.82, 2.24) is 43.8 Å². The smallest absolute Gasteiger partial charge is 0.210 e. The van der Waals surface area contributed by atoms with Gasteiger partial charge in [-0.3, -0.25) is 4.68 Å². The molecule has 38 heavy (non-hydrogen) atoms. The third-order valence-electron chi connectivity index (χ3n) is 6.83. The average molecular weight is 555 g/mol. The number of ether oxygens (including phenoxy) is 1. The Morgan fingerprint density at radius 3 is 2.63 bits per heavy atom. The second-order valence-corrected chi connectivity index (χ2v) is 11.4. The number of likely N-dealkylation sites (tertiary alicyclic amines) is 1. The molecule has 13 heteroatoms. The largest absolute Gasteiger partial charge is 0.450 e. The number of pyridine rings is 1. The van der Waals surface area contributed by atoms with E-state index < -0.39 is 0 Å². The summed E-state index contributed by atoms with van der Waals surface area (Å²) in [5, 5.41) is 13.2. The zero-order chi connectivity index (χ0) is 26.8. The zero-order valence-electron chi connectivity index (χ0n) is 21.8. The number of nitrogens with one attached hydrogen (secondary N) is 1. The Morgan fingerprint density at radius 1 is 1.08 bits per heavy atom. The minimum Gasteiger partial charge on any atom is -0.450 e. The number of hydrogen-bond donors (Lipinski definition) is 1. The lowest BCUT2D eigenvalue weighted by Gasteiger charge is -2.23. The van der Waals surface area contributed by atoms with Crippen LogP contribution < -0.4 is 10.1 Å². The van der Waals surface area contributed by atoms with E-state index in [0.29, 0.717) is 45.2 Å². The number of imidazole rings is 1. The summed E-state index contributed by atoms with van der Waals surface area (Å²) in [7, 11) is 4.02. The topological polar surface area (TPSA) is 103 Å². The summed E-state index contributed by atoms with van der Waals surface area (Å²) in [6.45, 7) is 8.66. The number of aryl methyl sites for hydroxylation is 1. The van der Waals surface area contributed by atoms with Gasteiger partial charge in [-0.05, 0) is 20.0 Å². The normalized spacial score (nSPS) is 16.7. The minimum absolute atomic E-state index is 0.0614. The molecule has 1 aliphatic heterocycles. The van der Waals surface area contributed by atoms with Gasteiger partial charge in [0.2, 0.25) is 5.95 Å². The van der Waals surface area contributed by atoms with Crippen LogP contribution in [0.15, 0.2) is 30.9 Å². The number of rotatable bonds is 5. The molecule has 0 spiro atoms. The molecule has 0 aliphatic carbocycles. The quantitative estimate of drug-likeness (QED) is 0.315. The SMILES string of the molecule is CN1CC[C@H](n2nc(Nc3nc4ncc(Oc5cnn6ccnc(Cl)c56)c(Cl)c4n3C)cc2C(C)(C)C)C1. The summed E-state index contributed by atoms with van der Waals surface area (Å²) in [6.07, 6.45) is 7.43. The first-order valence-corrected chi connectivity index (χ1v) is 13.1. The van der Waals surface area contributed by atoms with Crippen LogP contribution in [0.1, 0.15) is 38.9 Å². The fourth-order valence-corrected chi connectivity index (χ4v) is 5.42. The first-order chi connectivity index (χ1) is 18.1. The molecule has 5 aromatic rings. The fraction of sp³-hybridized carbons (Fsp3) is 0.400. The summed E-state index contributed by atoms with van der Waals surface area (Å²) < 4.78 is 11.7. The molecule has 0 aromatic carbocycles. The molecule has 1 aliphatic rings. The Hall–Kier alpha value is -3.41. The van der Waals surface area contributed by atoms with Crippen LogP contribution in [0.3, 0.4) is 0 Å². The van der Waals surface area contributed by atoms with Crippen molar-refractivity contribution in [2.24, 2.45) is 7.05 Å². The summed E-state index contributed by atoms with van der Waals surface area (Å²) in [4.78, 5) is 15.6. The van der Waals surface area contributed by atoms with Gasteiger partial charge in [-0.1, -0.05) is 44.0 Å². The predicted molar refractivity (Wildman–Crippen MR) is 147 cm³/mol. The van der Waals surface area contributed by atoms with Crippen molar-refractivity contribution >= 4 is 51.6 Å². The maximum Gasteiger partial charge on any atom is 0.210 e. The minimum atomic E-state index is -0.0614. The van der Waals surface area contributed by atoms with Crippen LogP contribution in [-0.4, -0.2) is 64.0 Å². The van der Waals surface area contributed by atoms with Gasteiger partial charge in [-0.25, -0.2) is 14.5 Å². The molecule has 1 N–H and O–H groups in total. The number of fused-ring (bicyclic) bond motifs is 2. The maximum absolute atomic E-state index is 6.81. The number of nitrogens with zero attached hydrogens (tertiary/aromatic N) is 9. The molecular weight excluding hydrogens is 527 g/mol. The lowest BCUT2D eigenvalue weighted by Crippen LogP contribution is -2.24. The number of hydrogen-bond acceptors (Lipinski definition) is 8. The summed E-state index contributed by atoms with van der Waals surface area (Å²) in [5.41, 5.74) is 2.76. The van der Waals surface area contributed by atoms with E-state index in [1.54, 1.807) is 23.1 Å². The molecule has 1 fully saturated rings. The summed E-state index contributed by atoms with van der Waals surface area (Å²) >= 11 is 13.1. The van der Waals surface area contributed by atoms with E-state index in [1.807, 2.05) is 11.6 Å². The molecular formula is C25H28Cl2N10O. The van der Waals surface area contributed by atoms with E-state index in [1.165, 1.54) is 11.9 Å². The van der Waals surface area contributed by atoms with E-state index >= 15 is 0 Å². The summed E-state index contributed by atoms with van der Waals surface area (Å²) in [5.74, 6) is 2.07. The van der Waals surface area contributed by atoms with Crippen molar-refractivity contribution in [2.75, 3.05) is 25.5 Å². The predicted octanol–water partition coefficient (Wildman–Crippen LogP) is 5.22. The summed E-state index contributed by atoms with van der Waals surface area (Å²) in [6, 6.07) is 2.44. The van der Waals surface area contributed by atoms with Crippen molar-refractivity contribution < 1.29 is 4.74 Å². The molecule has 198 valence electrons. The molecule has 1 saturated heterocycles. The fourth-order valence-electron chi connectivity index (χ4n) is 4.89. The van der Waals surface area contributed by atoms with Gasteiger partial charge in [0, 0.05) is 43.2 Å². The van der Waals surface area contributed by atoms with Gasteiger partial charge in [0.25, 0.3) is 0 Å². The first-order valence-electron chi connectivity index (χ1n) is 12.3. The van der Waals surface area contributed by atoms with Crippen LogP contribution >= 0.6 is 23.2 Å². The van der Waals surface area contributed by atoms with E-state index in [2.05, 4.69) is 68.8 Å². The van der Waals surface area contributed by atoms with Gasteiger partial charge >= 0.3 is 0 Å². The van der Waals surface area contributed by atoms with Crippen LogP contribution in [0.4, 0.5) is 11.8 Å². The van der Waals surface area contributed by atoms with Crippen LogP contribution in [0, 0.1) is 0 Å². The van der Waals surface area contributed by atoms with Crippen molar-refractivity contribution in [3.8, 4) is 11.5 Å². The molecule has 0 unspecified atom stereocenters. The molecule has 11 nitrogen and oxygen atoms in total. The molecule has 6 rings (SSSR count). The number of aromatic nitrogens is 8. The van der Waals surface area contributed by atoms with Gasteiger partial charge in [0.1, 0.15) is 16.1 Å². The maximum atomic E-state index is 6.81. The van der Waals surface area contributed by atoms with Crippen LogP contribution in [0.2, 0.25) is 10.2 Å². The van der Waals surface area contributed by atoms with Gasteiger partial charge in [0.15, 0.2) is 28.1 Å². The van der Waals surface area contributed by atoms with Gasteiger partial charge in [-0.2, -0.15) is 15.2 Å². The van der Waals surface area contributed by atoms with E-state index in [4.69, 9.17) is 33.0 Å². The molecule has 0 bridgehead atoms. The average Bonchev–Trinajstić information content (AvgIpc) is 3.63. The third-order valence-corrected chi connectivity index (χ3v) is 7.48. The van der Waals surface area contributed by atoms with E-state index in [0.717, 1.165) is 25.3 Å². The Balaban J connectivity index is 1.34. The second-order valence-electron chi connectivity index (χ2n) is 10.7. The molecule has 0 saturated carbocycles. The van der Waals surface area contributed by atoms with Crippen LogP contribution in [0.25, 0.3) is 16.7 Å². The highest BCUT2D eigenvalue weighted by Gasteiger charge is 2.29. The highest BCUT2D eigenvalue weighted by Crippen LogP contribution is 2.38. The van der Waals surface area contributed by atoms with Crippen molar-refractivity contribution in [3.05, 3.63) is 46.7 Å². The second kappa shape index (κ2) is 9.11. The van der Waals surface area contributed by atoms with Gasteiger partial charge in [0.05, 0.1) is 18.4 Å². The monoisotopic (exact) mass is 554 g/mol. The molecule has 5 aromatic heterocycles. The van der Waals surface area contributed by atoms with Crippen molar-refractivity contribution in [1.29, 1.82) is 0 Å². The van der Waals surface area contributed by atoms with Gasteiger partial charge < -0.3 is 19.5 Å². The van der Waals surface area contributed by atoms with Crippen LogP contribution in [0.5, 0.6) is 11.5 Å². The Morgan fingerprint density at radius 2 is 1.89 bits per heavy atom. The molecule has 0 radical (unpaired) electrons. The number of likely N-dealkylation sites (N-methyl/N-ethyl adjacent to an activating group) is 1.